The predicted octanol–water partition coefficient (Wildman–Crippen LogP) is 4.35. The summed E-state index contributed by atoms with van der Waals surface area (Å²) >= 11 is 0. The molecule has 2 aliphatic rings. The number of urea groups is 1. The minimum atomic E-state index is -1.13. The highest BCUT2D eigenvalue weighted by Crippen LogP contribution is 2.44. The number of benzene rings is 2. The summed E-state index contributed by atoms with van der Waals surface area (Å²) in [5.41, 5.74) is 5.70. The van der Waals surface area contributed by atoms with Crippen LogP contribution in [0.5, 0.6) is 11.5 Å². The maximum Gasteiger partial charge on any atom is 0.320 e. The number of carbonyl (C=O) groups is 1. The van der Waals surface area contributed by atoms with E-state index in [0.29, 0.717) is 45.0 Å². The molecule has 0 bridgehead atoms. The summed E-state index contributed by atoms with van der Waals surface area (Å²) in [6, 6.07) is 17.5. The van der Waals surface area contributed by atoms with Crippen molar-refractivity contribution in [2.75, 3.05) is 39.9 Å². The summed E-state index contributed by atoms with van der Waals surface area (Å²) in [6.07, 6.45) is 4.81. The maximum atomic E-state index is 13.2. The number of carbonyl (C=O) groups excluding carboxylic acids is 1. The van der Waals surface area contributed by atoms with E-state index in [9.17, 15) is 9.90 Å². The third-order valence-electron chi connectivity index (χ3n) is 7.34. The standard InChI is InChI=1S/C28H39N3O4/c1-34-19-8-7-16-28(33,25-13-5-6-14-26(25)35-24-11-3-2-4-12-24)22-10-9-17-30(20-22)27(32)31-18-15-23(29)21-31/h2-6,11-14,22-23,33H,7-10,15-21,29H2,1H3/t22?,23?,28-/m0/s1. The van der Waals surface area contributed by atoms with Crippen LogP contribution in [0.4, 0.5) is 4.79 Å². The number of likely N-dealkylation sites (tertiary alicyclic amines) is 2. The van der Waals surface area contributed by atoms with Crippen LogP contribution < -0.4 is 10.5 Å². The molecule has 2 unspecified atom stereocenters. The second-order valence-electron chi connectivity index (χ2n) is 9.85. The van der Waals surface area contributed by atoms with Crippen molar-refractivity contribution >= 4 is 6.03 Å². The molecule has 2 aliphatic heterocycles. The molecule has 0 aromatic heterocycles. The number of nitrogens with two attached hydrogens (primary N) is 1. The molecule has 3 N–H and O–H groups in total. The van der Waals surface area contributed by atoms with Gasteiger partial charge in [-0.3, -0.25) is 0 Å². The average molecular weight is 482 g/mol. The molecule has 0 spiro atoms. The number of rotatable bonds is 9. The van der Waals surface area contributed by atoms with Gasteiger partial charge < -0.3 is 30.1 Å². The molecule has 0 saturated carbocycles. The molecule has 2 saturated heterocycles. The van der Waals surface area contributed by atoms with Crippen LogP contribution in [0.2, 0.25) is 0 Å². The van der Waals surface area contributed by atoms with Gasteiger partial charge in [-0.1, -0.05) is 36.4 Å². The first-order valence-electron chi connectivity index (χ1n) is 12.8. The van der Waals surface area contributed by atoms with Gasteiger partial charge in [0.2, 0.25) is 0 Å². The summed E-state index contributed by atoms with van der Waals surface area (Å²) in [4.78, 5) is 17.0. The molecule has 190 valence electrons. The van der Waals surface area contributed by atoms with Crippen molar-refractivity contribution in [3.05, 3.63) is 60.2 Å². The smallest absolute Gasteiger partial charge is 0.320 e. The molecule has 2 aromatic carbocycles. The number of methoxy groups -OCH3 is 1. The second-order valence-corrected chi connectivity index (χ2v) is 9.85. The van der Waals surface area contributed by atoms with Crippen molar-refractivity contribution in [2.45, 2.75) is 50.2 Å². The number of nitrogens with zero attached hydrogens (tertiary/aromatic N) is 2. The molecule has 0 radical (unpaired) electrons. The largest absolute Gasteiger partial charge is 0.457 e. The molecule has 2 fully saturated rings. The lowest BCUT2D eigenvalue weighted by Gasteiger charge is -2.44. The van der Waals surface area contributed by atoms with Crippen LogP contribution in [0.3, 0.4) is 0 Å². The summed E-state index contributed by atoms with van der Waals surface area (Å²) < 4.78 is 11.5. The van der Waals surface area contributed by atoms with E-state index in [0.717, 1.165) is 43.4 Å². The van der Waals surface area contributed by atoms with Gasteiger partial charge in [-0.25, -0.2) is 4.79 Å². The Morgan fingerprint density at radius 3 is 2.51 bits per heavy atom. The third kappa shape index (κ3) is 6.15. The molecular formula is C28H39N3O4. The number of amides is 2. The average Bonchev–Trinajstić information content (AvgIpc) is 3.33. The molecule has 4 rings (SSSR count). The van der Waals surface area contributed by atoms with Crippen molar-refractivity contribution in [2.24, 2.45) is 11.7 Å². The highest BCUT2D eigenvalue weighted by Gasteiger charge is 2.43. The molecule has 2 amide bonds. The number of para-hydroxylation sites is 2. The molecule has 7 heteroatoms. The van der Waals surface area contributed by atoms with Gasteiger partial charge >= 0.3 is 6.03 Å². The Kier molecular flexibility index (Phi) is 8.65. The van der Waals surface area contributed by atoms with Crippen LogP contribution in [-0.2, 0) is 10.3 Å². The first kappa shape index (κ1) is 25.5. The van der Waals surface area contributed by atoms with E-state index in [1.54, 1.807) is 7.11 Å². The van der Waals surface area contributed by atoms with Gasteiger partial charge in [0.05, 0.1) is 5.60 Å². The number of piperidine rings is 1. The van der Waals surface area contributed by atoms with E-state index in [-0.39, 0.29) is 18.0 Å². The number of unbranched alkanes of at least 4 members (excludes halogenated alkanes) is 1. The monoisotopic (exact) mass is 481 g/mol. The topological polar surface area (TPSA) is 88.3 Å². The van der Waals surface area contributed by atoms with E-state index < -0.39 is 5.60 Å². The minimum Gasteiger partial charge on any atom is -0.457 e. The Hall–Kier alpha value is -2.61. The molecule has 7 nitrogen and oxygen atoms in total. The maximum absolute atomic E-state index is 13.2. The zero-order valence-corrected chi connectivity index (χ0v) is 20.8. The van der Waals surface area contributed by atoms with E-state index in [1.165, 1.54) is 0 Å². The Balaban J connectivity index is 1.59. The number of ether oxygens (including phenoxy) is 2. The fourth-order valence-electron chi connectivity index (χ4n) is 5.43. The van der Waals surface area contributed by atoms with Crippen molar-refractivity contribution in [1.82, 2.24) is 9.80 Å². The predicted molar refractivity (Wildman–Crippen MR) is 136 cm³/mol. The fraction of sp³-hybridized carbons (Fsp3) is 0.536. The number of hydrogen-bond donors (Lipinski definition) is 2. The van der Waals surface area contributed by atoms with Crippen LogP contribution in [0, 0.1) is 5.92 Å². The van der Waals surface area contributed by atoms with E-state index >= 15 is 0 Å². The van der Waals surface area contributed by atoms with Crippen molar-refractivity contribution < 1.29 is 19.4 Å². The Morgan fingerprint density at radius 2 is 1.77 bits per heavy atom. The molecule has 2 aromatic rings. The highest BCUT2D eigenvalue weighted by atomic mass is 16.5. The fourth-order valence-corrected chi connectivity index (χ4v) is 5.43. The van der Waals surface area contributed by atoms with Gasteiger partial charge in [-0.05, 0) is 56.7 Å². The zero-order chi connectivity index (χ0) is 24.7. The molecular weight excluding hydrogens is 442 g/mol. The van der Waals surface area contributed by atoms with Crippen LogP contribution >= 0.6 is 0 Å². The van der Waals surface area contributed by atoms with Crippen LogP contribution in [0.15, 0.2) is 54.6 Å². The van der Waals surface area contributed by atoms with Gasteiger partial charge in [0.15, 0.2) is 0 Å². The summed E-state index contributed by atoms with van der Waals surface area (Å²) in [5.74, 6) is 1.29. The lowest BCUT2D eigenvalue weighted by Crippen LogP contribution is -2.51. The second kappa shape index (κ2) is 11.9. The lowest BCUT2D eigenvalue weighted by molar-refractivity contribution is -0.0586. The normalized spacial score (nSPS) is 22.1. The molecule has 35 heavy (non-hydrogen) atoms. The van der Waals surface area contributed by atoms with Gasteiger partial charge in [0, 0.05) is 57.4 Å². The third-order valence-corrected chi connectivity index (χ3v) is 7.34. The van der Waals surface area contributed by atoms with Gasteiger partial charge in [-0.15, -0.1) is 0 Å². The molecule has 2 heterocycles. The molecule has 3 atom stereocenters. The summed E-state index contributed by atoms with van der Waals surface area (Å²) in [6.45, 7) is 3.20. The van der Waals surface area contributed by atoms with Crippen LogP contribution in [0.1, 0.15) is 44.1 Å². The highest BCUT2D eigenvalue weighted by molar-refractivity contribution is 5.75. The number of hydrogen-bond acceptors (Lipinski definition) is 5. The minimum absolute atomic E-state index is 0.0400. The Bertz CT molecular complexity index is 956. The first-order valence-corrected chi connectivity index (χ1v) is 12.8. The van der Waals surface area contributed by atoms with Gasteiger partial charge in [0.1, 0.15) is 11.5 Å². The van der Waals surface area contributed by atoms with Gasteiger partial charge in [0.25, 0.3) is 0 Å². The Labute approximate surface area is 208 Å². The SMILES string of the molecule is COCCCC[C@@](O)(c1ccccc1Oc1ccccc1)C1CCCN(C(=O)N2CCC(N)C2)C1. The van der Waals surface area contributed by atoms with Gasteiger partial charge in [-0.2, -0.15) is 0 Å². The summed E-state index contributed by atoms with van der Waals surface area (Å²) in [5, 5.41) is 12.4. The number of aliphatic hydroxyl groups is 1. The van der Waals surface area contributed by atoms with Crippen LogP contribution in [-0.4, -0.2) is 66.9 Å². The first-order chi connectivity index (χ1) is 17.0. The van der Waals surface area contributed by atoms with Crippen molar-refractivity contribution in [3.8, 4) is 11.5 Å². The molecule has 0 aliphatic carbocycles. The lowest BCUT2D eigenvalue weighted by atomic mass is 9.73. The van der Waals surface area contributed by atoms with E-state index in [2.05, 4.69) is 0 Å². The Morgan fingerprint density at radius 1 is 1.03 bits per heavy atom. The van der Waals surface area contributed by atoms with Crippen molar-refractivity contribution in [3.63, 3.8) is 0 Å². The zero-order valence-electron chi connectivity index (χ0n) is 20.8. The van der Waals surface area contributed by atoms with E-state index in [1.807, 2.05) is 64.4 Å². The van der Waals surface area contributed by atoms with Crippen LogP contribution in [0.25, 0.3) is 0 Å². The summed E-state index contributed by atoms with van der Waals surface area (Å²) in [7, 11) is 1.70. The van der Waals surface area contributed by atoms with E-state index in [4.69, 9.17) is 15.2 Å². The van der Waals surface area contributed by atoms with Crippen molar-refractivity contribution in [1.29, 1.82) is 0 Å². The quantitative estimate of drug-likeness (QED) is 0.520.